The molecule has 0 unspecified atom stereocenters. The molecule has 0 atom stereocenters. The Morgan fingerprint density at radius 2 is 1.86 bits per heavy atom. The van der Waals surface area contributed by atoms with Crippen LogP contribution in [0.2, 0.25) is 0 Å². The van der Waals surface area contributed by atoms with E-state index in [1.165, 1.54) is 3.97 Å². The Kier molecular flexibility index (Phi) is 4.09. The van der Waals surface area contributed by atoms with E-state index >= 15 is 0 Å². The fourth-order valence-electron chi connectivity index (χ4n) is 2.35. The molecule has 5 nitrogen and oxygen atoms in total. The van der Waals surface area contributed by atoms with E-state index in [4.69, 9.17) is 4.74 Å². The van der Waals surface area contributed by atoms with Gasteiger partial charge in [-0.05, 0) is 44.0 Å². The monoisotopic (exact) mass is 308 g/mol. The summed E-state index contributed by atoms with van der Waals surface area (Å²) in [7, 11) is -2.07. The molecular weight excluding hydrogens is 288 g/mol. The van der Waals surface area contributed by atoms with E-state index in [0.29, 0.717) is 29.3 Å². The summed E-state index contributed by atoms with van der Waals surface area (Å²) in [4.78, 5) is 4.55. The van der Waals surface area contributed by atoms with Crippen LogP contribution in [0.5, 0.6) is 5.75 Å². The molecule has 0 N–H and O–H groups in total. The normalized spacial score (nSPS) is 11.7. The summed E-state index contributed by atoms with van der Waals surface area (Å²) in [6, 6.07) is 3.27. The highest BCUT2D eigenvalue weighted by Gasteiger charge is 2.24. The highest BCUT2D eigenvalue weighted by atomic mass is 32.2. The number of hydrogen-bond acceptors (Lipinski definition) is 4. The molecule has 114 valence electrons. The molecule has 0 saturated carbocycles. The number of methoxy groups -OCH3 is 1. The van der Waals surface area contributed by atoms with Crippen LogP contribution in [0.25, 0.3) is 0 Å². The standard InChI is InChI=1S/C15H20N2O3S/c1-6-15-16-10(2)9-17(15)21(18,19)14-8-7-13(20-5)11(3)12(14)4/h7-9H,6H2,1-5H3. The van der Waals surface area contributed by atoms with Gasteiger partial charge in [0.25, 0.3) is 10.0 Å². The fourth-order valence-corrected chi connectivity index (χ4v) is 4.08. The van der Waals surface area contributed by atoms with Gasteiger partial charge in [0.1, 0.15) is 11.6 Å². The van der Waals surface area contributed by atoms with E-state index in [2.05, 4.69) is 4.98 Å². The van der Waals surface area contributed by atoms with Gasteiger partial charge in [-0.2, -0.15) is 0 Å². The number of hydrogen-bond donors (Lipinski definition) is 0. The third-order valence-electron chi connectivity index (χ3n) is 3.62. The maximum absolute atomic E-state index is 12.9. The molecule has 0 bridgehead atoms. The molecule has 1 aromatic carbocycles. The van der Waals surface area contributed by atoms with Gasteiger partial charge < -0.3 is 4.74 Å². The topological polar surface area (TPSA) is 61.2 Å². The van der Waals surface area contributed by atoms with Crippen LogP contribution in [0.4, 0.5) is 0 Å². The third kappa shape index (κ3) is 2.55. The van der Waals surface area contributed by atoms with Crippen LogP contribution in [0.15, 0.2) is 23.2 Å². The molecular formula is C15H20N2O3S. The van der Waals surface area contributed by atoms with Gasteiger partial charge in [-0.3, -0.25) is 0 Å². The van der Waals surface area contributed by atoms with Gasteiger partial charge in [0.15, 0.2) is 0 Å². The van der Waals surface area contributed by atoms with Crippen LogP contribution in [-0.2, 0) is 16.4 Å². The highest BCUT2D eigenvalue weighted by Crippen LogP contribution is 2.28. The lowest BCUT2D eigenvalue weighted by atomic mass is 10.1. The number of aryl methyl sites for hydroxylation is 2. The van der Waals surface area contributed by atoms with Gasteiger partial charge >= 0.3 is 0 Å². The molecule has 0 saturated heterocycles. The van der Waals surface area contributed by atoms with Crippen molar-refractivity contribution in [3.05, 3.63) is 41.0 Å². The number of benzene rings is 1. The van der Waals surface area contributed by atoms with Crippen molar-refractivity contribution in [3.63, 3.8) is 0 Å². The first-order valence-corrected chi connectivity index (χ1v) is 8.21. The maximum Gasteiger partial charge on any atom is 0.269 e. The van der Waals surface area contributed by atoms with E-state index in [1.807, 2.05) is 13.8 Å². The average Bonchev–Trinajstić information content (AvgIpc) is 2.83. The molecule has 1 aromatic heterocycles. The predicted octanol–water partition coefficient (Wildman–Crippen LogP) is 2.62. The lowest BCUT2D eigenvalue weighted by Gasteiger charge is -2.14. The van der Waals surface area contributed by atoms with E-state index < -0.39 is 10.0 Å². The number of imidazole rings is 1. The Labute approximate surface area is 125 Å². The van der Waals surface area contributed by atoms with Crippen molar-refractivity contribution in [2.24, 2.45) is 0 Å². The summed E-state index contributed by atoms with van der Waals surface area (Å²) in [5, 5.41) is 0. The molecule has 0 amide bonds. The second kappa shape index (κ2) is 5.52. The summed E-state index contributed by atoms with van der Waals surface area (Å²) in [5.74, 6) is 1.23. The van der Waals surface area contributed by atoms with Crippen molar-refractivity contribution >= 4 is 10.0 Å². The van der Waals surface area contributed by atoms with Crippen LogP contribution >= 0.6 is 0 Å². The van der Waals surface area contributed by atoms with Crippen molar-refractivity contribution in [2.45, 2.75) is 39.0 Å². The van der Waals surface area contributed by atoms with E-state index in [-0.39, 0.29) is 4.90 Å². The van der Waals surface area contributed by atoms with Gasteiger partial charge in [-0.1, -0.05) is 6.92 Å². The van der Waals surface area contributed by atoms with Gasteiger partial charge in [0.2, 0.25) is 0 Å². The van der Waals surface area contributed by atoms with Crippen LogP contribution in [0.1, 0.15) is 29.6 Å². The van der Waals surface area contributed by atoms with Crippen LogP contribution in [-0.4, -0.2) is 24.5 Å². The number of ether oxygens (including phenoxy) is 1. The van der Waals surface area contributed by atoms with Crippen LogP contribution in [0.3, 0.4) is 0 Å². The summed E-state index contributed by atoms with van der Waals surface area (Å²) in [5.41, 5.74) is 2.22. The molecule has 1 heterocycles. The summed E-state index contributed by atoms with van der Waals surface area (Å²) >= 11 is 0. The van der Waals surface area contributed by atoms with E-state index in [9.17, 15) is 8.42 Å². The Morgan fingerprint density at radius 1 is 1.19 bits per heavy atom. The molecule has 6 heteroatoms. The van der Waals surface area contributed by atoms with Gasteiger partial charge in [0, 0.05) is 12.6 Å². The van der Waals surface area contributed by atoms with Crippen molar-refractivity contribution in [2.75, 3.05) is 7.11 Å². The molecule has 21 heavy (non-hydrogen) atoms. The zero-order valence-electron chi connectivity index (χ0n) is 13.0. The molecule has 0 aliphatic carbocycles. The van der Waals surface area contributed by atoms with Crippen molar-refractivity contribution in [3.8, 4) is 5.75 Å². The first kappa shape index (κ1) is 15.6. The summed E-state index contributed by atoms with van der Waals surface area (Å²) in [6.07, 6.45) is 2.12. The van der Waals surface area contributed by atoms with Gasteiger partial charge in [0.05, 0.1) is 17.7 Å². The molecule has 0 aliphatic rings. The Morgan fingerprint density at radius 3 is 2.43 bits per heavy atom. The van der Waals surface area contributed by atoms with Crippen molar-refractivity contribution in [1.29, 1.82) is 0 Å². The lowest BCUT2D eigenvalue weighted by Crippen LogP contribution is -2.16. The first-order chi connectivity index (χ1) is 9.82. The lowest BCUT2D eigenvalue weighted by molar-refractivity contribution is 0.410. The van der Waals surface area contributed by atoms with E-state index in [1.54, 1.807) is 39.3 Å². The van der Waals surface area contributed by atoms with Crippen LogP contribution in [0, 0.1) is 20.8 Å². The van der Waals surface area contributed by atoms with Gasteiger partial charge in [-0.15, -0.1) is 0 Å². The van der Waals surface area contributed by atoms with Crippen molar-refractivity contribution < 1.29 is 13.2 Å². The fraction of sp³-hybridized carbons (Fsp3) is 0.400. The quantitative estimate of drug-likeness (QED) is 0.871. The second-order valence-corrected chi connectivity index (χ2v) is 6.75. The third-order valence-corrected chi connectivity index (χ3v) is 5.46. The highest BCUT2D eigenvalue weighted by molar-refractivity contribution is 7.90. The number of aromatic nitrogens is 2. The summed E-state index contributed by atoms with van der Waals surface area (Å²) < 4.78 is 32.3. The maximum atomic E-state index is 12.9. The second-order valence-electron chi connectivity index (χ2n) is 4.97. The average molecular weight is 308 g/mol. The molecule has 2 rings (SSSR count). The van der Waals surface area contributed by atoms with Gasteiger partial charge in [-0.25, -0.2) is 17.4 Å². The van der Waals surface area contributed by atoms with E-state index in [0.717, 1.165) is 5.56 Å². The van der Waals surface area contributed by atoms with Crippen LogP contribution < -0.4 is 4.74 Å². The first-order valence-electron chi connectivity index (χ1n) is 6.77. The Hall–Kier alpha value is -1.82. The minimum atomic E-state index is -3.64. The predicted molar refractivity (Wildman–Crippen MR) is 81.4 cm³/mol. The minimum absolute atomic E-state index is 0.285. The summed E-state index contributed by atoms with van der Waals surface area (Å²) in [6.45, 7) is 7.32. The van der Waals surface area contributed by atoms with Crippen molar-refractivity contribution in [1.82, 2.24) is 8.96 Å². The molecule has 2 aromatic rings. The molecule has 0 spiro atoms. The molecule has 0 aliphatic heterocycles. The molecule has 0 fully saturated rings. The number of nitrogens with zero attached hydrogens (tertiary/aromatic N) is 2. The SMILES string of the molecule is CCc1nc(C)cn1S(=O)(=O)c1ccc(OC)c(C)c1C. The Balaban J connectivity index is 2.67. The minimum Gasteiger partial charge on any atom is -0.496 e. The largest absolute Gasteiger partial charge is 0.496 e. The smallest absolute Gasteiger partial charge is 0.269 e. The Bertz CT molecular complexity index is 776. The molecule has 0 radical (unpaired) electrons. The zero-order chi connectivity index (χ0) is 15.8. The number of rotatable bonds is 4. The zero-order valence-corrected chi connectivity index (χ0v) is 13.8.